The van der Waals surface area contributed by atoms with E-state index in [1.54, 1.807) is 13.4 Å². The standard InChI is InChI=1S/C21H33N5O2/c1-5-22-21(23-11-13-26(3)12-6-14-27-4)24-15-19-16-28-20(25-19)18-9-7-17(2)8-10-18/h7-10,16H,5-6,11-15H2,1-4H3,(H2,22,23,24). The number of benzene rings is 1. The summed E-state index contributed by atoms with van der Waals surface area (Å²) < 4.78 is 10.7. The van der Waals surface area contributed by atoms with Crippen LogP contribution in [0.5, 0.6) is 0 Å². The summed E-state index contributed by atoms with van der Waals surface area (Å²) in [5.74, 6) is 1.41. The molecule has 1 aromatic heterocycles. The van der Waals surface area contributed by atoms with E-state index in [9.17, 15) is 0 Å². The molecule has 0 saturated carbocycles. The Hall–Kier alpha value is -2.38. The van der Waals surface area contributed by atoms with Crippen LogP contribution < -0.4 is 10.6 Å². The van der Waals surface area contributed by atoms with Gasteiger partial charge in [-0.1, -0.05) is 17.7 Å². The first-order valence-electron chi connectivity index (χ1n) is 9.83. The van der Waals surface area contributed by atoms with E-state index in [0.29, 0.717) is 12.4 Å². The number of methoxy groups -OCH3 is 1. The van der Waals surface area contributed by atoms with Crippen molar-refractivity contribution in [3.63, 3.8) is 0 Å². The lowest BCUT2D eigenvalue weighted by atomic mass is 10.1. The van der Waals surface area contributed by atoms with Crippen LogP contribution in [0, 0.1) is 6.92 Å². The lowest BCUT2D eigenvalue weighted by Crippen LogP contribution is -2.41. The molecule has 1 aromatic carbocycles. The van der Waals surface area contributed by atoms with Gasteiger partial charge in [0.1, 0.15) is 12.0 Å². The number of aryl methyl sites for hydroxylation is 1. The molecule has 7 heteroatoms. The molecular weight excluding hydrogens is 354 g/mol. The molecule has 28 heavy (non-hydrogen) atoms. The number of hydrogen-bond donors (Lipinski definition) is 2. The smallest absolute Gasteiger partial charge is 0.226 e. The van der Waals surface area contributed by atoms with E-state index in [2.05, 4.69) is 58.5 Å². The average molecular weight is 388 g/mol. The molecule has 154 valence electrons. The number of aliphatic imine (C=N–C) groups is 1. The third-order valence-corrected chi connectivity index (χ3v) is 4.27. The summed E-state index contributed by atoms with van der Waals surface area (Å²) in [6.45, 7) is 8.97. The number of guanidine groups is 1. The van der Waals surface area contributed by atoms with Gasteiger partial charge < -0.3 is 24.7 Å². The van der Waals surface area contributed by atoms with Gasteiger partial charge in [0.2, 0.25) is 5.89 Å². The first kappa shape index (κ1) is 21.9. The predicted octanol–water partition coefficient (Wildman–Crippen LogP) is 2.67. The Morgan fingerprint density at radius 3 is 2.71 bits per heavy atom. The molecule has 1 heterocycles. The highest BCUT2D eigenvalue weighted by Crippen LogP contribution is 2.19. The van der Waals surface area contributed by atoms with E-state index < -0.39 is 0 Å². The van der Waals surface area contributed by atoms with Gasteiger partial charge in [0.15, 0.2) is 5.96 Å². The Morgan fingerprint density at radius 2 is 2.00 bits per heavy atom. The van der Waals surface area contributed by atoms with Gasteiger partial charge >= 0.3 is 0 Å². The van der Waals surface area contributed by atoms with Crippen molar-refractivity contribution in [2.45, 2.75) is 26.8 Å². The quantitative estimate of drug-likeness (QED) is 0.351. The second-order valence-electron chi connectivity index (χ2n) is 6.78. The minimum atomic E-state index is 0.467. The van der Waals surface area contributed by atoms with Gasteiger partial charge in [-0.2, -0.15) is 0 Å². The minimum absolute atomic E-state index is 0.467. The number of nitrogens with zero attached hydrogens (tertiary/aromatic N) is 3. The average Bonchev–Trinajstić information content (AvgIpc) is 3.16. The highest BCUT2D eigenvalue weighted by atomic mass is 16.5. The molecule has 0 aliphatic rings. The van der Waals surface area contributed by atoms with Crippen LogP contribution in [0.4, 0.5) is 0 Å². The van der Waals surface area contributed by atoms with Gasteiger partial charge in [0, 0.05) is 45.5 Å². The molecule has 2 N–H and O–H groups in total. The fraction of sp³-hybridized carbons (Fsp3) is 0.524. The zero-order valence-electron chi connectivity index (χ0n) is 17.5. The Morgan fingerprint density at radius 1 is 1.21 bits per heavy atom. The SMILES string of the molecule is CCNC(=NCc1coc(-c2ccc(C)cc2)n1)NCCN(C)CCCOC. The van der Waals surface area contributed by atoms with E-state index in [1.165, 1.54) is 5.56 Å². The van der Waals surface area contributed by atoms with E-state index in [4.69, 9.17) is 9.15 Å². The first-order valence-corrected chi connectivity index (χ1v) is 9.83. The topological polar surface area (TPSA) is 74.9 Å². The lowest BCUT2D eigenvalue weighted by Gasteiger charge is -2.18. The Bertz CT molecular complexity index is 712. The monoisotopic (exact) mass is 387 g/mol. The van der Waals surface area contributed by atoms with Crippen LogP contribution in [-0.4, -0.2) is 62.8 Å². The number of aromatic nitrogens is 1. The van der Waals surface area contributed by atoms with Crippen molar-refractivity contribution < 1.29 is 9.15 Å². The third kappa shape index (κ3) is 7.70. The van der Waals surface area contributed by atoms with Gasteiger partial charge in [0.25, 0.3) is 0 Å². The molecule has 0 amide bonds. The zero-order chi connectivity index (χ0) is 20.2. The van der Waals surface area contributed by atoms with Crippen LogP contribution in [-0.2, 0) is 11.3 Å². The van der Waals surface area contributed by atoms with E-state index in [0.717, 1.165) is 56.4 Å². The highest BCUT2D eigenvalue weighted by molar-refractivity contribution is 5.79. The number of hydrogen-bond acceptors (Lipinski definition) is 5. The molecule has 0 aliphatic heterocycles. The Kier molecular flexibility index (Phi) is 9.51. The van der Waals surface area contributed by atoms with Gasteiger partial charge in [-0.3, -0.25) is 0 Å². The van der Waals surface area contributed by atoms with Gasteiger partial charge in [-0.25, -0.2) is 9.98 Å². The summed E-state index contributed by atoms with van der Waals surface area (Å²) in [4.78, 5) is 11.4. The van der Waals surface area contributed by atoms with Crippen molar-refractivity contribution in [1.82, 2.24) is 20.5 Å². The summed E-state index contributed by atoms with van der Waals surface area (Å²) in [5, 5.41) is 6.63. The zero-order valence-corrected chi connectivity index (χ0v) is 17.5. The van der Waals surface area contributed by atoms with Crippen LogP contribution in [0.3, 0.4) is 0 Å². The Labute approximate surface area is 168 Å². The van der Waals surface area contributed by atoms with Crippen LogP contribution in [0.2, 0.25) is 0 Å². The summed E-state index contributed by atoms with van der Waals surface area (Å²) in [7, 11) is 3.85. The molecule has 2 rings (SSSR count). The maximum Gasteiger partial charge on any atom is 0.226 e. The maximum absolute atomic E-state index is 5.60. The minimum Gasteiger partial charge on any atom is -0.444 e. The molecule has 0 spiro atoms. The number of likely N-dealkylation sites (N-methyl/N-ethyl adjacent to an activating group) is 1. The molecule has 7 nitrogen and oxygen atoms in total. The summed E-state index contributed by atoms with van der Waals surface area (Å²) >= 11 is 0. The first-order chi connectivity index (χ1) is 13.6. The van der Waals surface area contributed by atoms with Gasteiger partial charge in [-0.05, 0) is 39.4 Å². The number of rotatable bonds is 11. The van der Waals surface area contributed by atoms with Crippen molar-refractivity contribution >= 4 is 5.96 Å². The van der Waals surface area contributed by atoms with Crippen molar-refractivity contribution in [3.05, 3.63) is 41.8 Å². The Balaban J connectivity index is 1.84. The highest BCUT2D eigenvalue weighted by Gasteiger charge is 2.07. The second-order valence-corrected chi connectivity index (χ2v) is 6.78. The van der Waals surface area contributed by atoms with Crippen LogP contribution >= 0.6 is 0 Å². The van der Waals surface area contributed by atoms with Crippen molar-refractivity contribution in [3.8, 4) is 11.5 Å². The van der Waals surface area contributed by atoms with Gasteiger partial charge in [0.05, 0.1) is 6.54 Å². The third-order valence-electron chi connectivity index (χ3n) is 4.27. The molecule has 0 fully saturated rings. The number of ether oxygens (including phenoxy) is 1. The molecule has 0 atom stereocenters. The summed E-state index contributed by atoms with van der Waals surface area (Å²) in [5.41, 5.74) is 3.00. The van der Waals surface area contributed by atoms with E-state index in [-0.39, 0.29) is 0 Å². The molecule has 0 aliphatic carbocycles. The largest absolute Gasteiger partial charge is 0.444 e. The van der Waals surface area contributed by atoms with Crippen molar-refractivity contribution in [1.29, 1.82) is 0 Å². The van der Waals surface area contributed by atoms with Gasteiger partial charge in [-0.15, -0.1) is 0 Å². The molecule has 0 saturated heterocycles. The number of nitrogens with one attached hydrogen (secondary N) is 2. The maximum atomic E-state index is 5.60. The second kappa shape index (κ2) is 12.2. The van der Waals surface area contributed by atoms with Crippen LogP contribution in [0.25, 0.3) is 11.5 Å². The van der Waals surface area contributed by atoms with Crippen molar-refractivity contribution in [2.75, 3.05) is 46.9 Å². The van der Waals surface area contributed by atoms with E-state index >= 15 is 0 Å². The fourth-order valence-electron chi connectivity index (χ4n) is 2.67. The molecule has 0 radical (unpaired) electrons. The number of oxazole rings is 1. The summed E-state index contributed by atoms with van der Waals surface area (Å²) in [6.07, 6.45) is 2.71. The summed E-state index contributed by atoms with van der Waals surface area (Å²) in [6, 6.07) is 8.14. The molecule has 2 aromatic rings. The van der Waals surface area contributed by atoms with Crippen molar-refractivity contribution in [2.24, 2.45) is 4.99 Å². The molecule has 0 bridgehead atoms. The predicted molar refractivity (Wildman–Crippen MR) is 113 cm³/mol. The fourth-order valence-corrected chi connectivity index (χ4v) is 2.67. The van der Waals surface area contributed by atoms with Crippen LogP contribution in [0.15, 0.2) is 39.9 Å². The van der Waals surface area contributed by atoms with Crippen LogP contribution in [0.1, 0.15) is 24.6 Å². The normalized spacial score (nSPS) is 11.8. The van der Waals surface area contributed by atoms with E-state index in [1.807, 2.05) is 12.1 Å². The molecular formula is C21H33N5O2. The lowest BCUT2D eigenvalue weighted by molar-refractivity contribution is 0.180. The molecule has 0 unspecified atom stereocenters.